The third kappa shape index (κ3) is 5.96. The number of amides is 1. The number of aromatic nitrogens is 1. The Morgan fingerprint density at radius 3 is 2.35 bits per heavy atom. The van der Waals surface area contributed by atoms with Crippen molar-refractivity contribution in [2.75, 3.05) is 19.6 Å². The van der Waals surface area contributed by atoms with Gasteiger partial charge >= 0.3 is 0 Å². The van der Waals surface area contributed by atoms with E-state index in [1.165, 1.54) is 9.87 Å². The minimum absolute atomic E-state index is 0.0197. The molecule has 1 saturated heterocycles. The lowest BCUT2D eigenvalue weighted by Crippen LogP contribution is -2.43. The van der Waals surface area contributed by atoms with Crippen LogP contribution in [0.4, 0.5) is 0 Å². The average Bonchev–Trinajstić information content (AvgIpc) is 3.13. The van der Waals surface area contributed by atoms with Crippen LogP contribution in [0.2, 0.25) is 0 Å². The maximum absolute atomic E-state index is 13.5. The Morgan fingerprint density at radius 1 is 1.15 bits per heavy atom. The number of benzene rings is 1. The van der Waals surface area contributed by atoms with Gasteiger partial charge in [-0.25, -0.2) is 8.42 Å². The fraction of sp³-hybridized carbons (Fsp3) is 0.538. The normalized spacial score (nSPS) is 16.0. The molecule has 1 aromatic heterocycles. The van der Waals surface area contributed by atoms with Gasteiger partial charge in [-0.15, -0.1) is 0 Å². The van der Waals surface area contributed by atoms with E-state index < -0.39 is 10.0 Å². The van der Waals surface area contributed by atoms with Gasteiger partial charge in [-0.2, -0.15) is 4.31 Å². The third-order valence-corrected chi connectivity index (χ3v) is 8.47. The van der Waals surface area contributed by atoms with Crippen molar-refractivity contribution in [3.05, 3.63) is 45.8 Å². The summed E-state index contributed by atoms with van der Waals surface area (Å²) in [6.45, 7) is 13.3. The first-order chi connectivity index (χ1) is 16.0. The lowest BCUT2D eigenvalue weighted by atomic mass is 9.97. The largest absolute Gasteiger partial charge is 0.356 e. The van der Waals surface area contributed by atoms with Gasteiger partial charge in [0.25, 0.3) is 0 Å². The molecule has 7 nitrogen and oxygen atoms in total. The summed E-state index contributed by atoms with van der Waals surface area (Å²) in [5.41, 5.74) is 4.78. The van der Waals surface area contributed by atoms with Crippen LogP contribution in [-0.2, 0) is 14.8 Å². The Balaban J connectivity index is 1.74. The van der Waals surface area contributed by atoms with Gasteiger partial charge in [-0.1, -0.05) is 42.8 Å². The van der Waals surface area contributed by atoms with E-state index >= 15 is 0 Å². The zero-order valence-corrected chi connectivity index (χ0v) is 22.0. The molecule has 0 bridgehead atoms. The summed E-state index contributed by atoms with van der Waals surface area (Å²) in [6, 6.07) is 4.19. The molecular weight excluding hydrogens is 450 g/mol. The van der Waals surface area contributed by atoms with E-state index in [0.29, 0.717) is 44.1 Å². The monoisotopic (exact) mass is 487 g/mol. The molecule has 1 N–H and O–H groups in total. The van der Waals surface area contributed by atoms with E-state index in [2.05, 4.69) is 43.4 Å². The summed E-state index contributed by atoms with van der Waals surface area (Å²) >= 11 is 0. The molecule has 0 spiro atoms. The van der Waals surface area contributed by atoms with Crippen LogP contribution in [0.3, 0.4) is 0 Å². The van der Waals surface area contributed by atoms with Crippen LogP contribution in [0, 0.1) is 39.5 Å². The summed E-state index contributed by atoms with van der Waals surface area (Å²) in [7, 11) is -3.79. The van der Waals surface area contributed by atoms with Crippen molar-refractivity contribution in [1.82, 2.24) is 14.8 Å². The lowest BCUT2D eigenvalue weighted by molar-refractivity contribution is -0.126. The topological polar surface area (TPSA) is 92.5 Å². The van der Waals surface area contributed by atoms with Crippen molar-refractivity contribution in [2.24, 2.45) is 11.8 Å². The lowest BCUT2D eigenvalue weighted by Gasteiger charge is -2.30. The summed E-state index contributed by atoms with van der Waals surface area (Å²) in [4.78, 5) is 12.6. The maximum Gasteiger partial charge on any atom is 0.248 e. The predicted octanol–water partition coefficient (Wildman–Crippen LogP) is 4.64. The minimum atomic E-state index is -3.79. The molecule has 3 rings (SSSR count). The molecular formula is C26H37N3O4S. The van der Waals surface area contributed by atoms with E-state index in [0.717, 1.165) is 23.1 Å². The number of rotatable bonds is 8. The Morgan fingerprint density at radius 2 is 1.76 bits per heavy atom. The number of hydrogen-bond acceptors (Lipinski definition) is 5. The summed E-state index contributed by atoms with van der Waals surface area (Å²) in [6.07, 6.45) is 5.51. The van der Waals surface area contributed by atoms with Crippen molar-refractivity contribution in [1.29, 1.82) is 0 Å². The molecule has 1 fully saturated rings. The maximum atomic E-state index is 13.5. The number of sulfonamides is 1. The zero-order chi connectivity index (χ0) is 25.0. The van der Waals surface area contributed by atoms with Gasteiger partial charge in [0.05, 0.1) is 0 Å². The first-order valence-electron chi connectivity index (χ1n) is 12.0. The number of aryl methyl sites for hydroxylation is 4. The smallest absolute Gasteiger partial charge is 0.248 e. The number of nitrogens with one attached hydrogen (secondary N) is 1. The highest BCUT2D eigenvalue weighted by molar-refractivity contribution is 7.89. The van der Waals surface area contributed by atoms with Crippen LogP contribution < -0.4 is 5.32 Å². The molecule has 0 unspecified atom stereocenters. The number of piperidine rings is 1. The Bertz CT molecular complexity index is 1130. The molecule has 0 atom stereocenters. The van der Waals surface area contributed by atoms with Crippen molar-refractivity contribution in [2.45, 2.75) is 65.7 Å². The van der Waals surface area contributed by atoms with Crippen LogP contribution in [0.1, 0.15) is 66.8 Å². The summed E-state index contributed by atoms with van der Waals surface area (Å²) in [5, 5.41) is 6.93. The SMILES string of the molecule is Cc1cc(C)c(/C=C/c2onc(C)c2S(=O)(=O)N2CCC(C(=O)NCCC(C)C)CC2)c(C)c1. The van der Waals surface area contributed by atoms with Crippen molar-refractivity contribution in [3.8, 4) is 0 Å². The number of nitrogens with zero attached hydrogens (tertiary/aromatic N) is 2. The number of hydrogen-bond donors (Lipinski definition) is 1. The van der Waals surface area contributed by atoms with E-state index in [1.54, 1.807) is 13.0 Å². The molecule has 1 aliphatic rings. The molecule has 1 aliphatic heterocycles. The second-order valence-electron chi connectivity index (χ2n) is 9.76. The Kier molecular flexibility index (Phi) is 8.36. The summed E-state index contributed by atoms with van der Waals surface area (Å²) in [5.74, 6) is 0.618. The minimum Gasteiger partial charge on any atom is -0.356 e. The van der Waals surface area contributed by atoms with Crippen LogP contribution in [0.25, 0.3) is 12.2 Å². The second kappa shape index (κ2) is 10.9. The molecule has 0 saturated carbocycles. The van der Waals surface area contributed by atoms with Crippen molar-refractivity contribution in [3.63, 3.8) is 0 Å². The van der Waals surface area contributed by atoms with E-state index in [-0.39, 0.29) is 22.5 Å². The fourth-order valence-corrected chi connectivity index (χ4v) is 6.25. The molecule has 8 heteroatoms. The van der Waals surface area contributed by atoms with Gasteiger partial charge in [-0.3, -0.25) is 4.79 Å². The second-order valence-corrected chi connectivity index (χ2v) is 11.6. The van der Waals surface area contributed by atoms with Gasteiger partial charge in [0.1, 0.15) is 5.69 Å². The van der Waals surface area contributed by atoms with Crippen LogP contribution in [0.5, 0.6) is 0 Å². The number of carbonyl (C=O) groups is 1. The Labute approximate surface area is 203 Å². The molecule has 186 valence electrons. The highest BCUT2D eigenvalue weighted by Gasteiger charge is 2.35. The fourth-order valence-electron chi connectivity index (χ4n) is 4.53. The highest BCUT2D eigenvalue weighted by atomic mass is 32.2. The first kappa shape index (κ1) is 26.2. The number of carbonyl (C=O) groups excluding carboxylic acids is 1. The molecule has 1 aromatic carbocycles. The zero-order valence-electron chi connectivity index (χ0n) is 21.1. The van der Waals surface area contributed by atoms with Crippen LogP contribution in [-0.4, -0.2) is 43.4 Å². The highest BCUT2D eigenvalue weighted by Crippen LogP contribution is 2.30. The van der Waals surface area contributed by atoms with Crippen molar-refractivity contribution >= 4 is 28.1 Å². The third-order valence-electron chi connectivity index (χ3n) is 6.42. The van der Waals surface area contributed by atoms with Gasteiger partial charge < -0.3 is 9.84 Å². The van der Waals surface area contributed by atoms with E-state index in [4.69, 9.17) is 4.52 Å². The molecule has 2 heterocycles. The standard InChI is InChI=1S/C26H37N3O4S/c1-17(2)9-12-27-26(30)22-10-13-29(14-11-22)34(31,32)25-21(6)28-33-24(25)8-7-23-19(4)15-18(3)16-20(23)5/h7-8,15-17,22H,9-14H2,1-6H3,(H,27,30)/b8-7+. The molecule has 0 radical (unpaired) electrons. The van der Waals surface area contributed by atoms with Crippen molar-refractivity contribution < 1.29 is 17.7 Å². The molecule has 0 aliphatic carbocycles. The van der Waals surface area contributed by atoms with Gasteiger partial charge in [0, 0.05) is 25.6 Å². The van der Waals surface area contributed by atoms with Crippen LogP contribution >= 0.6 is 0 Å². The van der Waals surface area contributed by atoms with Gasteiger partial charge in [-0.05, 0) is 75.6 Å². The predicted molar refractivity (Wildman–Crippen MR) is 135 cm³/mol. The van der Waals surface area contributed by atoms with E-state index in [9.17, 15) is 13.2 Å². The van der Waals surface area contributed by atoms with E-state index in [1.807, 2.05) is 19.9 Å². The molecule has 34 heavy (non-hydrogen) atoms. The average molecular weight is 488 g/mol. The first-order valence-corrected chi connectivity index (χ1v) is 13.4. The molecule has 2 aromatic rings. The quantitative estimate of drug-likeness (QED) is 0.585. The van der Waals surface area contributed by atoms with Gasteiger partial charge in [0.15, 0.2) is 10.7 Å². The Hall–Kier alpha value is -2.45. The van der Waals surface area contributed by atoms with Crippen LogP contribution in [0.15, 0.2) is 21.6 Å². The molecule has 1 amide bonds. The summed E-state index contributed by atoms with van der Waals surface area (Å²) < 4.78 is 33.9. The van der Waals surface area contributed by atoms with Gasteiger partial charge in [0.2, 0.25) is 15.9 Å².